The molecule has 14 heteroatoms. The smallest absolute Gasteiger partial charge is 0.323 e. The van der Waals surface area contributed by atoms with Gasteiger partial charge in [0.05, 0.1) is 27.1 Å². The number of anilines is 1. The lowest BCUT2D eigenvalue weighted by molar-refractivity contribution is -0.138. The number of carbonyl (C=O) groups excluding carboxylic acids is 1. The number of aliphatic carboxylic acids is 1. The molecule has 0 aliphatic heterocycles. The van der Waals surface area contributed by atoms with Crippen LogP contribution in [0.5, 0.6) is 0 Å². The summed E-state index contributed by atoms with van der Waals surface area (Å²) in [4.78, 5) is 43.1. The van der Waals surface area contributed by atoms with E-state index in [4.69, 9.17) is 5.73 Å². The van der Waals surface area contributed by atoms with Crippen LogP contribution < -0.4 is 21.2 Å². The van der Waals surface area contributed by atoms with Gasteiger partial charge in [0.1, 0.15) is 23.2 Å². The number of fused-ring (bicyclic) bond motifs is 1. The highest BCUT2D eigenvalue weighted by molar-refractivity contribution is 7.89. The maximum absolute atomic E-state index is 16.3. The lowest BCUT2D eigenvalue weighted by atomic mass is 10.0. The monoisotopic (exact) mass is 689 g/mol. The molecule has 1 unspecified atom stereocenters. The number of nitrogens with two attached hydrogens (primary N) is 1. The molecule has 5 aromatic rings. The van der Waals surface area contributed by atoms with Gasteiger partial charge in [0.15, 0.2) is 5.82 Å². The van der Waals surface area contributed by atoms with Gasteiger partial charge in [-0.1, -0.05) is 54.1 Å². The van der Waals surface area contributed by atoms with E-state index in [2.05, 4.69) is 15.0 Å². The van der Waals surface area contributed by atoms with Gasteiger partial charge in [0, 0.05) is 19.3 Å². The van der Waals surface area contributed by atoms with Crippen LogP contribution in [0, 0.1) is 32.4 Å². The summed E-state index contributed by atoms with van der Waals surface area (Å²) in [6, 6.07) is 15.7. The lowest BCUT2D eigenvalue weighted by Gasteiger charge is -2.19. The molecule has 2 heterocycles. The fourth-order valence-corrected chi connectivity index (χ4v) is 7.49. The van der Waals surface area contributed by atoms with Gasteiger partial charge in [-0.25, -0.2) is 22.2 Å². The van der Waals surface area contributed by atoms with Crippen molar-refractivity contribution in [3.05, 3.63) is 123 Å². The van der Waals surface area contributed by atoms with E-state index < -0.39 is 68.1 Å². The van der Waals surface area contributed by atoms with Gasteiger partial charge in [-0.15, -0.1) is 0 Å². The normalized spacial score (nSPS) is 12.2. The maximum atomic E-state index is 16.3. The average molecular weight is 690 g/mol. The predicted molar refractivity (Wildman–Crippen MR) is 181 cm³/mol. The molecule has 0 saturated heterocycles. The number of carboxylic acids is 1. The van der Waals surface area contributed by atoms with E-state index in [-0.39, 0.29) is 28.5 Å². The van der Waals surface area contributed by atoms with E-state index in [1.54, 1.807) is 32.9 Å². The number of nitrogen functional groups attached to an aromatic ring is 1. The fourth-order valence-electron chi connectivity index (χ4n) is 5.85. The zero-order valence-electron chi connectivity index (χ0n) is 26.8. The molecular formula is C35H33F2N5O6S. The Morgan fingerprint density at radius 3 is 2.31 bits per heavy atom. The van der Waals surface area contributed by atoms with Gasteiger partial charge in [-0.05, 0) is 62.1 Å². The van der Waals surface area contributed by atoms with Gasteiger partial charge in [-0.2, -0.15) is 4.72 Å². The van der Waals surface area contributed by atoms with Crippen LogP contribution in [0.2, 0.25) is 0 Å². The minimum Gasteiger partial charge on any atom is -0.480 e. The molecule has 0 fully saturated rings. The van der Waals surface area contributed by atoms with Crippen molar-refractivity contribution in [3.8, 4) is 11.3 Å². The van der Waals surface area contributed by atoms with E-state index in [0.29, 0.717) is 17.5 Å². The molecule has 0 saturated carbocycles. The number of nitrogens with one attached hydrogen (secondary N) is 2. The summed E-state index contributed by atoms with van der Waals surface area (Å²) < 4.78 is 61.7. The number of halogens is 2. The van der Waals surface area contributed by atoms with Crippen LogP contribution in [0.25, 0.3) is 22.2 Å². The van der Waals surface area contributed by atoms with Crippen molar-refractivity contribution in [2.75, 3.05) is 12.3 Å². The molecule has 0 aliphatic carbocycles. The molecule has 49 heavy (non-hydrogen) atoms. The van der Waals surface area contributed by atoms with Gasteiger partial charge >= 0.3 is 5.97 Å². The van der Waals surface area contributed by atoms with Crippen molar-refractivity contribution in [3.63, 3.8) is 0 Å². The van der Waals surface area contributed by atoms with Crippen LogP contribution >= 0.6 is 0 Å². The van der Waals surface area contributed by atoms with Gasteiger partial charge < -0.3 is 20.7 Å². The minimum absolute atomic E-state index is 0.0240. The van der Waals surface area contributed by atoms with Crippen molar-refractivity contribution in [1.82, 2.24) is 19.6 Å². The second-order valence-electron chi connectivity index (χ2n) is 11.6. The van der Waals surface area contributed by atoms with E-state index in [1.807, 2.05) is 30.3 Å². The molecule has 1 atom stereocenters. The number of rotatable bonds is 11. The van der Waals surface area contributed by atoms with E-state index in [0.717, 1.165) is 23.4 Å². The quantitative estimate of drug-likeness (QED) is 0.159. The predicted octanol–water partition coefficient (Wildman–Crippen LogP) is 4.25. The molecule has 5 rings (SSSR count). The Bertz CT molecular complexity index is 2250. The molecule has 0 spiro atoms. The number of amides is 1. The Hall–Kier alpha value is -5.47. The number of hydrogen-bond acceptors (Lipinski definition) is 7. The Balaban J connectivity index is 1.52. The molecule has 11 nitrogen and oxygen atoms in total. The first-order chi connectivity index (χ1) is 23.2. The van der Waals surface area contributed by atoms with E-state index >= 15 is 8.78 Å². The lowest BCUT2D eigenvalue weighted by Crippen LogP contribution is -2.49. The fraction of sp³-hybridized carbons (Fsp3) is 0.200. The molecule has 254 valence electrons. The number of sulfonamides is 1. The molecule has 0 aliphatic rings. The number of aryl methyl sites for hydroxylation is 5. The van der Waals surface area contributed by atoms with Crippen molar-refractivity contribution in [1.29, 1.82) is 0 Å². The van der Waals surface area contributed by atoms with Crippen molar-refractivity contribution < 1.29 is 31.9 Å². The van der Waals surface area contributed by atoms with Crippen molar-refractivity contribution in [2.24, 2.45) is 0 Å². The van der Waals surface area contributed by atoms with Crippen LogP contribution in [0.1, 0.15) is 32.6 Å². The highest BCUT2D eigenvalue weighted by atomic mass is 32.2. The summed E-state index contributed by atoms with van der Waals surface area (Å²) in [6.07, 6.45) is 1.45. The molecule has 1 amide bonds. The van der Waals surface area contributed by atoms with Gasteiger partial charge in [-0.3, -0.25) is 14.4 Å². The largest absolute Gasteiger partial charge is 0.480 e. The zero-order valence-corrected chi connectivity index (χ0v) is 27.6. The Morgan fingerprint density at radius 1 is 1.00 bits per heavy atom. The number of hydrogen-bond donors (Lipinski definition) is 4. The van der Waals surface area contributed by atoms with E-state index in [9.17, 15) is 27.9 Å². The number of nitrogens with zero attached hydrogens (tertiary/aromatic N) is 2. The van der Waals surface area contributed by atoms with Gasteiger partial charge in [0.2, 0.25) is 15.5 Å². The Kier molecular flexibility index (Phi) is 9.92. The van der Waals surface area contributed by atoms with Crippen LogP contribution in [0.4, 0.5) is 14.6 Å². The zero-order chi connectivity index (χ0) is 35.6. The number of aromatic nitrogens is 2. The summed E-state index contributed by atoms with van der Waals surface area (Å²) in [6.45, 7) is 4.26. The van der Waals surface area contributed by atoms with Crippen LogP contribution in [0.3, 0.4) is 0 Å². The summed E-state index contributed by atoms with van der Waals surface area (Å²) in [7, 11) is -4.36. The van der Waals surface area contributed by atoms with Crippen LogP contribution in [-0.2, 0) is 27.8 Å². The first kappa shape index (κ1) is 34.9. The summed E-state index contributed by atoms with van der Waals surface area (Å²) in [5.74, 6) is -4.84. The second kappa shape index (κ2) is 13.9. The topological polar surface area (TPSA) is 173 Å². The molecule has 2 aromatic heterocycles. The summed E-state index contributed by atoms with van der Waals surface area (Å²) in [5, 5.41) is 11.7. The first-order valence-electron chi connectivity index (χ1n) is 15.1. The number of carbonyl (C=O) groups is 2. The highest BCUT2D eigenvalue weighted by Crippen LogP contribution is 2.31. The summed E-state index contributed by atoms with van der Waals surface area (Å²) >= 11 is 0. The second-order valence-corrected chi connectivity index (χ2v) is 13.3. The number of pyridine rings is 2. The minimum atomic E-state index is -4.36. The molecule has 0 bridgehead atoms. The van der Waals surface area contributed by atoms with E-state index in [1.165, 1.54) is 22.8 Å². The molecule has 3 aromatic carbocycles. The summed E-state index contributed by atoms with van der Waals surface area (Å²) in [5.41, 5.74) is 5.78. The first-order valence-corrected chi connectivity index (χ1v) is 16.6. The Labute approximate surface area is 280 Å². The van der Waals surface area contributed by atoms with Crippen LogP contribution in [0.15, 0.2) is 82.6 Å². The SMILES string of the molecule is Cc1cc(C)c(S(=O)(=O)NC(CNC(=O)c2cn(CCc3ccccc3)c3c(F)c(-c4cccc(N)n4)c(F)cc3c2=O)C(=O)O)c(C)c1. The van der Waals surface area contributed by atoms with Gasteiger partial charge in [0.25, 0.3) is 5.91 Å². The van der Waals surface area contributed by atoms with Crippen molar-refractivity contribution >= 4 is 38.6 Å². The molecule has 5 N–H and O–H groups in total. The maximum Gasteiger partial charge on any atom is 0.323 e. The van der Waals surface area contributed by atoms with Crippen molar-refractivity contribution in [2.45, 2.75) is 44.7 Å². The standard InChI is InChI=1S/C35H33F2N5O6S/c1-19-14-20(2)33(21(3)15-19)49(47,48)41-27(35(45)46)17-39-34(44)24-18-42(13-12-22-8-5-4-6-9-22)31-23(32(24)43)16-25(36)29(30(31)37)26-10-7-11-28(38)40-26/h4-11,14-16,18,27,41H,12-13,17H2,1-3H3,(H2,38,40)(H,39,44)(H,45,46). The average Bonchev–Trinajstić information content (AvgIpc) is 3.02. The number of carboxylic acid groups (broad SMARTS) is 1. The Morgan fingerprint density at radius 2 is 1.67 bits per heavy atom. The van der Waals surface area contributed by atoms with Crippen LogP contribution in [-0.4, -0.2) is 47.5 Å². The molecule has 0 radical (unpaired) electrons. The molecular weight excluding hydrogens is 656 g/mol. The highest BCUT2D eigenvalue weighted by Gasteiger charge is 2.29. The third-order valence-electron chi connectivity index (χ3n) is 7.95. The third kappa shape index (κ3) is 7.34. The number of benzene rings is 3. The third-order valence-corrected chi connectivity index (χ3v) is 9.72.